The number of aromatic nitrogens is 2. The smallest absolute Gasteiger partial charge is 0.176 e. The molecule has 0 atom stereocenters. The lowest BCUT2D eigenvalue weighted by atomic mass is 10.1. The van der Waals surface area contributed by atoms with Crippen LogP contribution >= 0.6 is 0 Å². The molecule has 0 bridgehead atoms. The number of fused-ring (bicyclic) bond motifs is 1. The second kappa shape index (κ2) is 7.33. The number of para-hydroxylation sites is 1. The number of hydrazine groups is 1. The molecule has 0 spiro atoms. The molecule has 4 aromatic rings. The molecule has 6 nitrogen and oxygen atoms in total. The van der Waals surface area contributed by atoms with Crippen LogP contribution in [0.4, 0.5) is 11.5 Å². The Kier molecular flexibility index (Phi) is 4.38. The predicted molar refractivity (Wildman–Crippen MR) is 116 cm³/mol. The molecular formula is C23H21N5O. The van der Waals surface area contributed by atoms with Gasteiger partial charge in [-0.3, -0.25) is 0 Å². The molecule has 0 aliphatic carbocycles. The zero-order valence-corrected chi connectivity index (χ0v) is 16.0. The first-order chi connectivity index (χ1) is 14.3. The Morgan fingerprint density at radius 3 is 2.69 bits per heavy atom. The van der Waals surface area contributed by atoms with Gasteiger partial charge < -0.3 is 14.7 Å². The zero-order valence-electron chi connectivity index (χ0n) is 16.0. The molecular weight excluding hydrogens is 362 g/mol. The Balaban J connectivity index is 1.54. The first-order valence-corrected chi connectivity index (χ1v) is 9.52. The maximum absolute atomic E-state index is 5.85. The Morgan fingerprint density at radius 1 is 1.00 bits per heavy atom. The molecule has 144 valence electrons. The Labute approximate surface area is 169 Å². The monoisotopic (exact) mass is 383 g/mol. The van der Waals surface area contributed by atoms with Crippen molar-refractivity contribution in [2.45, 2.75) is 6.54 Å². The molecule has 2 N–H and O–H groups in total. The number of rotatable bonds is 5. The first kappa shape index (κ1) is 17.3. The fraction of sp³-hybridized carbons (Fsp3) is 0.0870. The van der Waals surface area contributed by atoms with Gasteiger partial charge in [0.2, 0.25) is 0 Å². The summed E-state index contributed by atoms with van der Waals surface area (Å²) >= 11 is 0. The molecule has 3 heterocycles. The highest BCUT2D eigenvalue weighted by Gasteiger charge is 2.22. The van der Waals surface area contributed by atoms with Crippen molar-refractivity contribution >= 4 is 28.2 Å². The number of benzene rings is 2. The molecule has 0 unspecified atom stereocenters. The summed E-state index contributed by atoms with van der Waals surface area (Å²) in [7, 11) is 1.85. The standard InChI is InChI=1S/C23H21N5O/c1-24-23-21(12-7-13-25-23)28-16-22(29-26-28)19-15-27(14-17-8-3-2-4-9-17)20-11-6-5-10-18(19)20/h2-13,15-16,26H,14H2,1H3,(H,24,25). The SMILES string of the molecule is CNc1ncccc1N1C=C(c2cn(Cc3ccccc3)c3ccccc23)ON1. The highest BCUT2D eigenvalue weighted by atomic mass is 16.7. The third-order valence-corrected chi connectivity index (χ3v) is 5.03. The average molecular weight is 383 g/mol. The van der Waals surface area contributed by atoms with Crippen LogP contribution < -0.4 is 15.9 Å². The second-order valence-electron chi connectivity index (χ2n) is 6.85. The number of pyridine rings is 1. The molecule has 0 saturated carbocycles. The molecule has 1 aliphatic rings. The van der Waals surface area contributed by atoms with Crippen LogP contribution in [0.2, 0.25) is 0 Å². The number of anilines is 2. The molecule has 5 rings (SSSR count). The lowest BCUT2D eigenvalue weighted by Gasteiger charge is -2.16. The van der Waals surface area contributed by atoms with Gasteiger partial charge in [0.05, 0.1) is 6.20 Å². The van der Waals surface area contributed by atoms with Crippen molar-refractivity contribution in [3.8, 4) is 0 Å². The lowest BCUT2D eigenvalue weighted by molar-refractivity contribution is 0.180. The van der Waals surface area contributed by atoms with Crippen molar-refractivity contribution < 1.29 is 4.84 Å². The van der Waals surface area contributed by atoms with E-state index in [1.165, 1.54) is 11.1 Å². The normalized spacial score (nSPS) is 13.4. The van der Waals surface area contributed by atoms with Crippen molar-refractivity contribution in [1.82, 2.24) is 15.1 Å². The van der Waals surface area contributed by atoms with Gasteiger partial charge in [-0.15, -0.1) is 0 Å². The molecule has 2 aromatic carbocycles. The van der Waals surface area contributed by atoms with Gasteiger partial charge in [-0.2, -0.15) is 0 Å². The van der Waals surface area contributed by atoms with Crippen molar-refractivity contribution in [1.29, 1.82) is 0 Å². The van der Waals surface area contributed by atoms with E-state index in [4.69, 9.17) is 4.84 Å². The zero-order chi connectivity index (χ0) is 19.6. The van der Waals surface area contributed by atoms with E-state index in [1.807, 2.05) is 36.5 Å². The molecule has 2 aromatic heterocycles. The fourth-order valence-electron chi connectivity index (χ4n) is 3.65. The molecule has 6 heteroatoms. The van der Waals surface area contributed by atoms with Crippen LogP contribution in [0.5, 0.6) is 0 Å². The number of nitrogens with zero attached hydrogens (tertiary/aromatic N) is 3. The molecule has 0 fully saturated rings. The summed E-state index contributed by atoms with van der Waals surface area (Å²) in [5, 5.41) is 6.09. The van der Waals surface area contributed by atoms with Gasteiger partial charge in [0.15, 0.2) is 11.6 Å². The molecule has 0 saturated heterocycles. The quantitative estimate of drug-likeness (QED) is 0.536. The van der Waals surface area contributed by atoms with Gasteiger partial charge in [0.1, 0.15) is 5.69 Å². The number of hydrogen-bond acceptors (Lipinski definition) is 5. The molecule has 0 amide bonds. The third kappa shape index (κ3) is 3.19. The first-order valence-electron chi connectivity index (χ1n) is 9.52. The Hall–Kier alpha value is -3.77. The molecule has 1 aliphatic heterocycles. The Morgan fingerprint density at radius 2 is 1.83 bits per heavy atom. The van der Waals surface area contributed by atoms with Gasteiger partial charge in [-0.1, -0.05) is 54.1 Å². The summed E-state index contributed by atoms with van der Waals surface area (Å²) in [4.78, 5) is 10.2. The maximum Gasteiger partial charge on any atom is 0.176 e. The van der Waals surface area contributed by atoms with Gasteiger partial charge in [-0.25, -0.2) is 9.99 Å². The van der Waals surface area contributed by atoms with E-state index in [2.05, 4.69) is 75.2 Å². The third-order valence-electron chi connectivity index (χ3n) is 5.03. The van der Waals surface area contributed by atoms with Crippen LogP contribution in [0.15, 0.2) is 85.3 Å². The summed E-state index contributed by atoms with van der Waals surface area (Å²) in [5.74, 6) is 1.53. The summed E-state index contributed by atoms with van der Waals surface area (Å²) in [6, 6.07) is 22.7. The summed E-state index contributed by atoms with van der Waals surface area (Å²) in [6.07, 6.45) is 5.86. The van der Waals surface area contributed by atoms with Gasteiger partial charge >= 0.3 is 0 Å². The van der Waals surface area contributed by atoms with E-state index >= 15 is 0 Å². The minimum atomic E-state index is 0.763. The van der Waals surface area contributed by atoms with Crippen LogP contribution in [0.1, 0.15) is 11.1 Å². The van der Waals surface area contributed by atoms with Crippen LogP contribution in [0.25, 0.3) is 16.7 Å². The minimum absolute atomic E-state index is 0.763. The van der Waals surface area contributed by atoms with E-state index < -0.39 is 0 Å². The summed E-state index contributed by atoms with van der Waals surface area (Å²) in [6.45, 7) is 0.804. The lowest BCUT2D eigenvalue weighted by Crippen LogP contribution is -2.27. The van der Waals surface area contributed by atoms with E-state index in [9.17, 15) is 0 Å². The van der Waals surface area contributed by atoms with Crippen molar-refractivity contribution in [2.24, 2.45) is 0 Å². The summed E-state index contributed by atoms with van der Waals surface area (Å²) < 4.78 is 2.26. The average Bonchev–Trinajstić information content (AvgIpc) is 3.40. The molecule has 0 radical (unpaired) electrons. The number of nitrogens with one attached hydrogen (secondary N) is 2. The second-order valence-corrected chi connectivity index (χ2v) is 6.85. The predicted octanol–water partition coefficient (Wildman–Crippen LogP) is 4.38. The van der Waals surface area contributed by atoms with E-state index in [0.717, 1.165) is 34.8 Å². The molecule has 29 heavy (non-hydrogen) atoms. The van der Waals surface area contributed by atoms with Crippen LogP contribution in [-0.4, -0.2) is 16.6 Å². The minimum Gasteiger partial charge on any atom is -0.386 e. The largest absolute Gasteiger partial charge is 0.386 e. The highest BCUT2D eigenvalue weighted by molar-refractivity contribution is 5.92. The number of hydrogen-bond donors (Lipinski definition) is 2. The van der Waals surface area contributed by atoms with Crippen molar-refractivity contribution in [3.63, 3.8) is 0 Å². The van der Waals surface area contributed by atoms with Crippen molar-refractivity contribution in [2.75, 3.05) is 17.4 Å². The van der Waals surface area contributed by atoms with E-state index in [0.29, 0.717) is 0 Å². The fourth-order valence-corrected chi connectivity index (χ4v) is 3.65. The van der Waals surface area contributed by atoms with E-state index in [1.54, 1.807) is 6.20 Å². The van der Waals surface area contributed by atoms with Crippen LogP contribution in [0.3, 0.4) is 0 Å². The highest BCUT2D eigenvalue weighted by Crippen LogP contribution is 2.33. The van der Waals surface area contributed by atoms with Crippen molar-refractivity contribution in [3.05, 3.63) is 96.5 Å². The maximum atomic E-state index is 5.85. The van der Waals surface area contributed by atoms with Gasteiger partial charge in [0.25, 0.3) is 0 Å². The van der Waals surface area contributed by atoms with Crippen LogP contribution in [0, 0.1) is 0 Å². The topological polar surface area (TPSA) is 54.4 Å². The van der Waals surface area contributed by atoms with Gasteiger partial charge in [0, 0.05) is 42.5 Å². The summed E-state index contributed by atoms with van der Waals surface area (Å²) in [5.41, 5.74) is 7.33. The van der Waals surface area contributed by atoms with Crippen LogP contribution in [-0.2, 0) is 11.4 Å². The van der Waals surface area contributed by atoms with E-state index in [-0.39, 0.29) is 0 Å². The van der Waals surface area contributed by atoms with Gasteiger partial charge in [-0.05, 0) is 23.8 Å². The Bertz CT molecular complexity index is 1180.